The van der Waals surface area contributed by atoms with E-state index < -0.39 is 11.6 Å². The van der Waals surface area contributed by atoms with Gasteiger partial charge in [0.1, 0.15) is 0 Å². The minimum absolute atomic E-state index is 0.215. The molecule has 0 radical (unpaired) electrons. The van der Waals surface area contributed by atoms with E-state index >= 15 is 0 Å². The monoisotopic (exact) mass is 244 g/mol. The second kappa shape index (κ2) is 6.33. The maximum Gasteiger partial charge on any atom is 0.304 e. The quantitative estimate of drug-likeness (QED) is 0.701. The standard InChI is InChI=1S/C12H24N2O3/c1-3-12(2,17)10-14-8-6-13(7-9-14)5-4-11(15)16/h17H,3-10H2,1-2H3,(H,15,16). The van der Waals surface area contributed by atoms with Crippen molar-refractivity contribution in [2.45, 2.75) is 32.3 Å². The second-order valence-electron chi connectivity index (χ2n) is 5.11. The molecule has 5 nitrogen and oxygen atoms in total. The van der Waals surface area contributed by atoms with Crippen molar-refractivity contribution >= 4 is 5.97 Å². The zero-order chi connectivity index (χ0) is 12.9. The molecule has 0 aromatic rings. The van der Waals surface area contributed by atoms with Crippen LogP contribution in [0.25, 0.3) is 0 Å². The summed E-state index contributed by atoms with van der Waals surface area (Å²) in [6.07, 6.45) is 0.971. The van der Waals surface area contributed by atoms with Crippen molar-refractivity contribution in [2.24, 2.45) is 0 Å². The molecular weight excluding hydrogens is 220 g/mol. The normalized spacial score (nSPS) is 22.3. The fourth-order valence-corrected chi connectivity index (χ4v) is 2.02. The summed E-state index contributed by atoms with van der Waals surface area (Å²) in [7, 11) is 0. The van der Waals surface area contributed by atoms with Crippen molar-refractivity contribution in [3.05, 3.63) is 0 Å². The van der Waals surface area contributed by atoms with E-state index in [4.69, 9.17) is 5.11 Å². The van der Waals surface area contributed by atoms with Crippen molar-refractivity contribution < 1.29 is 15.0 Å². The lowest BCUT2D eigenvalue weighted by molar-refractivity contribution is -0.137. The SMILES string of the molecule is CCC(C)(O)CN1CCN(CCC(=O)O)CC1. The van der Waals surface area contributed by atoms with Gasteiger partial charge in [0, 0.05) is 39.3 Å². The maximum atomic E-state index is 10.5. The molecule has 1 atom stereocenters. The first-order chi connectivity index (χ1) is 7.93. The number of carboxylic acid groups (broad SMARTS) is 1. The van der Waals surface area contributed by atoms with E-state index in [1.165, 1.54) is 0 Å². The number of piperazine rings is 1. The minimum atomic E-state index is -0.735. The first kappa shape index (κ1) is 14.4. The van der Waals surface area contributed by atoms with Gasteiger partial charge in [0.2, 0.25) is 0 Å². The van der Waals surface area contributed by atoms with E-state index in [2.05, 4.69) is 9.80 Å². The molecule has 0 aromatic carbocycles. The van der Waals surface area contributed by atoms with E-state index in [-0.39, 0.29) is 6.42 Å². The Kier molecular flexibility index (Phi) is 5.36. The van der Waals surface area contributed by atoms with Crippen LogP contribution in [0.5, 0.6) is 0 Å². The third-order valence-corrected chi connectivity index (χ3v) is 3.43. The number of aliphatic hydroxyl groups is 1. The van der Waals surface area contributed by atoms with Crippen molar-refractivity contribution in [3.8, 4) is 0 Å². The van der Waals surface area contributed by atoms with Crippen LogP contribution in [0, 0.1) is 0 Å². The third-order valence-electron chi connectivity index (χ3n) is 3.43. The summed E-state index contributed by atoms with van der Waals surface area (Å²) in [4.78, 5) is 14.9. The molecule has 0 aromatic heterocycles. The van der Waals surface area contributed by atoms with Crippen molar-refractivity contribution in [1.29, 1.82) is 0 Å². The molecule has 17 heavy (non-hydrogen) atoms. The average molecular weight is 244 g/mol. The number of aliphatic carboxylic acids is 1. The summed E-state index contributed by atoms with van der Waals surface area (Å²) in [6, 6.07) is 0. The average Bonchev–Trinajstić information content (AvgIpc) is 2.28. The number of carboxylic acids is 1. The number of rotatable bonds is 6. The summed E-state index contributed by atoms with van der Waals surface area (Å²) < 4.78 is 0. The van der Waals surface area contributed by atoms with Crippen LogP contribution >= 0.6 is 0 Å². The topological polar surface area (TPSA) is 64.0 Å². The molecule has 2 N–H and O–H groups in total. The highest BCUT2D eigenvalue weighted by Gasteiger charge is 2.24. The lowest BCUT2D eigenvalue weighted by atomic mass is 10.0. The largest absolute Gasteiger partial charge is 0.481 e. The molecule has 0 saturated carbocycles. The number of β-amino-alcohol motifs (C(OH)–C–C–N with tert-alkyl or cyclic N) is 1. The van der Waals surface area contributed by atoms with Crippen LogP contribution in [0.2, 0.25) is 0 Å². The Morgan fingerprint density at radius 1 is 1.24 bits per heavy atom. The lowest BCUT2D eigenvalue weighted by Gasteiger charge is -2.37. The first-order valence-electron chi connectivity index (χ1n) is 6.32. The van der Waals surface area contributed by atoms with Crippen LogP contribution in [0.1, 0.15) is 26.7 Å². The van der Waals surface area contributed by atoms with Crippen LogP contribution in [-0.4, -0.2) is 70.9 Å². The molecule has 1 aliphatic rings. The Hall–Kier alpha value is -0.650. The number of hydrogen-bond donors (Lipinski definition) is 2. The summed E-state index contributed by atoms with van der Waals surface area (Å²) >= 11 is 0. The smallest absolute Gasteiger partial charge is 0.304 e. The van der Waals surface area contributed by atoms with Crippen molar-refractivity contribution in [2.75, 3.05) is 39.3 Å². The van der Waals surface area contributed by atoms with Crippen LogP contribution in [-0.2, 0) is 4.79 Å². The molecule has 100 valence electrons. The molecule has 5 heteroatoms. The van der Waals surface area contributed by atoms with Gasteiger partial charge in [-0.05, 0) is 13.3 Å². The van der Waals surface area contributed by atoms with Crippen molar-refractivity contribution in [1.82, 2.24) is 9.80 Å². The molecule has 0 aliphatic carbocycles. The Morgan fingerprint density at radius 3 is 2.24 bits per heavy atom. The van der Waals surface area contributed by atoms with E-state index in [0.717, 1.165) is 32.6 Å². The zero-order valence-corrected chi connectivity index (χ0v) is 10.9. The van der Waals surface area contributed by atoms with Crippen LogP contribution < -0.4 is 0 Å². The molecule has 1 fully saturated rings. The van der Waals surface area contributed by atoms with E-state index in [1.807, 2.05) is 13.8 Å². The summed E-state index contributed by atoms with van der Waals surface area (Å²) in [5.41, 5.74) is -0.608. The number of nitrogens with zero attached hydrogens (tertiary/aromatic N) is 2. The van der Waals surface area contributed by atoms with E-state index in [9.17, 15) is 9.90 Å². The first-order valence-corrected chi connectivity index (χ1v) is 6.32. The molecular formula is C12H24N2O3. The van der Waals surface area contributed by atoms with Crippen LogP contribution in [0.3, 0.4) is 0 Å². The molecule has 1 aliphatic heterocycles. The van der Waals surface area contributed by atoms with Gasteiger partial charge in [-0.2, -0.15) is 0 Å². The fraction of sp³-hybridized carbons (Fsp3) is 0.917. The Labute approximate surface area is 103 Å². The highest BCUT2D eigenvalue weighted by molar-refractivity contribution is 5.66. The molecule has 0 bridgehead atoms. The Morgan fingerprint density at radius 2 is 1.76 bits per heavy atom. The van der Waals surface area contributed by atoms with Gasteiger partial charge in [-0.15, -0.1) is 0 Å². The van der Waals surface area contributed by atoms with Gasteiger partial charge in [0.15, 0.2) is 0 Å². The highest BCUT2D eigenvalue weighted by Crippen LogP contribution is 2.12. The van der Waals surface area contributed by atoms with Crippen molar-refractivity contribution in [3.63, 3.8) is 0 Å². The second-order valence-corrected chi connectivity index (χ2v) is 5.11. The molecule has 1 unspecified atom stereocenters. The summed E-state index contributed by atoms with van der Waals surface area (Å²) in [5.74, 6) is -0.735. The van der Waals surface area contributed by atoms with Gasteiger partial charge < -0.3 is 15.1 Å². The molecule has 0 amide bonds. The van der Waals surface area contributed by atoms with Gasteiger partial charge in [-0.25, -0.2) is 0 Å². The highest BCUT2D eigenvalue weighted by atomic mass is 16.4. The Bertz CT molecular complexity index is 248. The summed E-state index contributed by atoms with van der Waals surface area (Å²) in [6.45, 7) is 8.81. The molecule has 1 heterocycles. The molecule has 1 saturated heterocycles. The van der Waals surface area contributed by atoms with E-state index in [1.54, 1.807) is 0 Å². The fourth-order valence-electron chi connectivity index (χ4n) is 2.02. The minimum Gasteiger partial charge on any atom is -0.481 e. The number of hydrogen-bond acceptors (Lipinski definition) is 4. The zero-order valence-electron chi connectivity index (χ0n) is 10.9. The predicted molar refractivity (Wildman–Crippen MR) is 66.0 cm³/mol. The van der Waals surface area contributed by atoms with Crippen LogP contribution in [0.15, 0.2) is 0 Å². The summed E-state index contributed by atoms with van der Waals surface area (Å²) in [5, 5.41) is 18.6. The predicted octanol–water partition coefficient (Wildman–Crippen LogP) is 0.240. The Balaban J connectivity index is 2.24. The molecule has 0 spiro atoms. The number of carbonyl (C=O) groups is 1. The van der Waals surface area contributed by atoms with Crippen LogP contribution in [0.4, 0.5) is 0 Å². The van der Waals surface area contributed by atoms with Gasteiger partial charge in [0.05, 0.1) is 12.0 Å². The van der Waals surface area contributed by atoms with Gasteiger partial charge in [0.25, 0.3) is 0 Å². The lowest BCUT2D eigenvalue weighted by Crippen LogP contribution is -2.51. The maximum absolute atomic E-state index is 10.5. The van der Waals surface area contributed by atoms with Gasteiger partial charge >= 0.3 is 5.97 Å². The molecule has 1 rings (SSSR count). The van der Waals surface area contributed by atoms with Gasteiger partial charge in [-0.3, -0.25) is 9.69 Å². The third kappa shape index (κ3) is 5.48. The van der Waals surface area contributed by atoms with Gasteiger partial charge in [-0.1, -0.05) is 6.92 Å². The van der Waals surface area contributed by atoms with E-state index in [0.29, 0.717) is 13.1 Å².